The minimum Gasteiger partial charge on any atom is -0.344 e. The Bertz CT molecular complexity index is 78.0. The number of hydrogen-bond donors (Lipinski definition) is 1. The van der Waals surface area contributed by atoms with Crippen LogP contribution in [0.5, 0.6) is 0 Å². The lowest BCUT2D eigenvalue weighted by molar-refractivity contribution is -0.717. The molecule has 0 radical (unpaired) electrons. The molecule has 0 aliphatic carbocycles. The summed E-state index contributed by atoms with van der Waals surface area (Å²) in [7, 11) is 0. The molecule has 2 heteroatoms. The Morgan fingerprint density at radius 1 is 1.67 bits per heavy atom. The molecular weight excluding hydrogens is 76.1 g/mol. The smallest absolute Gasteiger partial charge is 0.144 e. The molecule has 2 N–H and O–H groups in total. The van der Waals surface area contributed by atoms with Crippen LogP contribution in [0.1, 0.15) is 0 Å². The van der Waals surface area contributed by atoms with Crippen molar-refractivity contribution in [3.8, 4) is 6.07 Å². The molecule has 1 fully saturated rings. The molecule has 2 nitrogen and oxygen atoms in total. The lowest BCUT2D eigenvalue weighted by Crippen LogP contribution is -2.96. The van der Waals surface area contributed by atoms with Crippen LogP contribution in [-0.2, 0) is 0 Å². The van der Waals surface area contributed by atoms with Gasteiger partial charge in [-0.05, 0) is 0 Å². The third-order valence-corrected chi connectivity index (χ3v) is 1.08. The average molecular weight is 83.1 g/mol. The van der Waals surface area contributed by atoms with E-state index >= 15 is 0 Å². The molecule has 0 bridgehead atoms. The second-order valence-electron chi connectivity index (χ2n) is 1.59. The molecule has 0 aromatic heterocycles. The summed E-state index contributed by atoms with van der Waals surface area (Å²) >= 11 is 0. The van der Waals surface area contributed by atoms with Gasteiger partial charge in [0.05, 0.1) is 19.2 Å². The second kappa shape index (κ2) is 1.27. The van der Waals surface area contributed by atoms with Crippen LogP contribution in [0.15, 0.2) is 0 Å². The number of quaternary nitrogens is 1. The summed E-state index contributed by atoms with van der Waals surface area (Å²) < 4.78 is 0. The van der Waals surface area contributed by atoms with Crippen molar-refractivity contribution >= 4 is 0 Å². The van der Waals surface area contributed by atoms with E-state index in [4.69, 9.17) is 5.26 Å². The fraction of sp³-hybridized carbons (Fsp3) is 0.750. The van der Waals surface area contributed by atoms with Crippen molar-refractivity contribution in [2.45, 2.75) is 0 Å². The molecule has 1 saturated heterocycles. The zero-order valence-corrected chi connectivity index (χ0v) is 3.52. The third kappa shape index (κ3) is 0.373. The van der Waals surface area contributed by atoms with Crippen LogP contribution < -0.4 is 5.32 Å². The molecule has 0 saturated carbocycles. The van der Waals surface area contributed by atoms with Crippen molar-refractivity contribution in [1.82, 2.24) is 0 Å². The highest BCUT2D eigenvalue weighted by molar-refractivity contribution is 4.83. The maximum atomic E-state index is 8.12. The van der Waals surface area contributed by atoms with Crippen LogP contribution in [0.3, 0.4) is 0 Å². The maximum Gasteiger partial charge on any atom is 0.144 e. The summed E-state index contributed by atoms with van der Waals surface area (Å²) in [6, 6.07) is 2.17. The van der Waals surface area contributed by atoms with E-state index in [-0.39, 0.29) is 0 Å². The normalized spacial score (nSPS) is 21.8. The molecule has 0 aromatic rings. The van der Waals surface area contributed by atoms with Crippen LogP contribution in [0, 0.1) is 17.2 Å². The highest BCUT2D eigenvalue weighted by atomic mass is 14.9. The first-order valence-electron chi connectivity index (χ1n) is 2.15. The number of nitrogens with zero attached hydrogens (tertiary/aromatic N) is 1. The van der Waals surface area contributed by atoms with Gasteiger partial charge in [-0.15, -0.1) is 0 Å². The van der Waals surface area contributed by atoms with E-state index in [1.165, 1.54) is 0 Å². The van der Waals surface area contributed by atoms with Crippen molar-refractivity contribution < 1.29 is 5.32 Å². The number of hydrogen-bond acceptors (Lipinski definition) is 1. The van der Waals surface area contributed by atoms with E-state index < -0.39 is 0 Å². The SMILES string of the molecule is N#CC1C[NH2+]C1. The molecule has 0 atom stereocenters. The van der Waals surface area contributed by atoms with E-state index in [9.17, 15) is 0 Å². The molecule has 0 unspecified atom stereocenters. The van der Waals surface area contributed by atoms with Crippen LogP contribution in [-0.4, -0.2) is 13.1 Å². The van der Waals surface area contributed by atoms with Gasteiger partial charge in [0.15, 0.2) is 0 Å². The summed E-state index contributed by atoms with van der Waals surface area (Å²) in [5.74, 6) is 0.366. The summed E-state index contributed by atoms with van der Waals surface area (Å²) in [5, 5.41) is 10.2. The van der Waals surface area contributed by atoms with Gasteiger partial charge in [0, 0.05) is 0 Å². The topological polar surface area (TPSA) is 40.4 Å². The number of nitrogens with two attached hydrogens (primary N) is 1. The van der Waals surface area contributed by atoms with Gasteiger partial charge in [0.2, 0.25) is 0 Å². The van der Waals surface area contributed by atoms with E-state index in [1.54, 1.807) is 0 Å². The monoisotopic (exact) mass is 83.1 g/mol. The van der Waals surface area contributed by atoms with Gasteiger partial charge in [0.1, 0.15) is 5.92 Å². The predicted molar refractivity (Wildman–Crippen MR) is 20.8 cm³/mol. The van der Waals surface area contributed by atoms with E-state index in [0.717, 1.165) is 13.1 Å². The van der Waals surface area contributed by atoms with E-state index in [0.29, 0.717) is 5.92 Å². The molecule has 1 heterocycles. The second-order valence-corrected chi connectivity index (χ2v) is 1.59. The fourth-order valence-corrected chi connectivity index (χ4v) is 0.439. The highest BCUT2D eigenvalue weighted by Crippen LogP contribution is 1.88. The van der Waals surface area contributed by atoms with Crippen LogP contribution >= 0.6 is 0 Å². The van der Waals surface area contributed by atoms with Crippen molar-refractivity contribution in [2.24, 2.45) is 5.92 Å². The van der Waals surface area contributed by atoms with Crippen molar-refractivity contribution in [2.75, 3.05) is 13.1 Å². The fourth-order valence-electron chi connectivity index (χ4n) is 0.439. The lowest BCUT2D eigenvalue weighted by Gasteiger charge is -2.13. The minimum atomic E-state index is 0.366. The Morgan fingerprint density at radius 2 is 2.33 bits per heavy atom. The van der Waals surface area contributed by atoms with Crippen molar-refractivity contribution in [3.05, 3.63) is 0 Å². The number of rotatable bonds is 0. The van der Waals surface area contributed by atoms with E-state index in [2.05, 4.69) is 11.4 Å². The predicted octanol–water partition coefficient (Wildman–Crippen LogP) is -1.30. The van der Waals surface area contributed by atoms with Crippen LogP contribution in [0.4, 0.5) is 0 Å². The first kappa shape index (κ1) is 3.63. The van der Waals surface area contributed by atoms with Gasteiger partial charge in [-0.3, -0.25) is 0 Å². The Labute approximate surface area is 36.8 Å². The quantitative estimate of drug-likeness (QED) is 0.388. The largest absolute Gasteiger partial charge is 0.344 e. The maximum absolute atomic E-state index is 8.12. The Hall–Kier alpha value is -0.550. The molecule has 0 aromatic carbocycles. The Morgan fingerprint density at radius 3 is 2.33 bits per heavy atom. The van der Waals surface area contributed by atoms with Crippen molar-refractivity contribution in [1.29, 1.82) is 5.26 Å². The molecule has 6 heavy (non-hydrogen) atoms. The average Bonchev–Trinajstić information content (AvgIpc) is 1.31. The standard InChI is InChI=1S/C4H6N2/c5-1-4-2-6-3-4/h4,6H,2-3H2/p+1. The third-order valence-electron chi connectivity index (χ3n) is 1.08. The van der Waals surface area contributed by atoms with Gasteiger partial charge in [-0.1, -0.05) is 0 Å². The molecule has 1 aliphatic rings. The molecule has 1 aliphatic heterocycles. The van der Waals surface area contributed by atoms with Crippen molar-refractivity contribution in [3.63, 3.8) is 0 Å². The minimum absolute atomic E-state index is 0.366. The molecule has 32 valence electrons. The molecule has 0 amide bonds. The first-order chi connectivity index (χ1) is 2.93. The first-order valence-corrected chi connectivity index (χ1v) is 2.15. The molecule has 0 spiro atoms. The zero-order chi connectivity index (χ0) is 4.41. The summed E-state index contributed by atoms with van der Waals surface area (Å²) in [6.45, 7) is 2.05. The van der Waals surface area contributed by atoms with Gasteiger partial charge >= 0.3 is 0 Å². The highest BCUT2D eigenvalue weighted by Gasteiger charge is 2.19. The van der Waals surface area contributed by atoms with Crippen LogP contribution in [0.2, 0.25) is 0 Å². The van der Waals surface area contributed by atoms with E-state index in [1.807, 2.05) is 0 Å². The lowest BCUT2D eigenvalue weighted by atomic mass is 10.1. The van der Waals surface area contributed by atoms with Crippen LogP contribution in [0.25, 0.3) is 0 Å². The summed E-state index contributed by atoms with van der Waals surface area (Å²) in [6.07, 6.45) is 0. The van der Waals surface area contributed by atoms with Gasteiger partial charge in [0.25, 0.3) is 0 Å². The summed E-state index contributed by atoms with van der Waals surface area (Å²) in [5.41, 5.74) is 0. The Kier molecular flexibility index (Phi) is 0.771. The van der Waals surface area contributed by atoms with Gasteiger partial charge < -0.3 is 5.32 Å². The molecule has 1 rings (SSSR count). The number of nitriles is 1. The van der Waals surface area contributed by atoms with Gasteiger partial charge in [-0.2, -0.15) is 5.26 Å². The van der Waals surface area contributed by atoms with Gasteiger partial charge in [-0.25, -0.2) is 0 Å². The zero-order valence-electron chi connectivity index (χ0n) is 3.52. The Balaban J connectivity index is 2.22. The molecular formula is C4H7N2+. The summed E-state index contributed by atoms with van der Waals surface area (Å²) in [4.78, 5) is 0.